The maximum atomic E-state index is 12.4. The lowest BCUT2D eigenvalue weighted by Crippen LogP contribution is -2.65. The van der Waals surface area contributed by atoms with Gasteiger partial charge in [-0.2, -0.15) is 0 Å². The molecule has 1 atom stereocenters. The Labute approximate surface area is 146 Å². The number of carbonyl (C=O) groups excluding carboxylic acids is 2. The van der Waals surface area contributed by atoms with Gasteiger partial charge < -0.3 is 10.2 Å². The van der Waals surface area contributed by atoms with Crippen LogP contribution in [0.1, 0.15) is 22.5 Å². The number of nitrogens with zero attached hydrogens (tertiary/aromatic N) is 3. The summed E-state index contributed by atoms with van der Waals surface area (Å²) in [5, 5.41) is 4.94. The van der Waals surface area contributed by atoms with Gasteiger partial charge in [0, 0.05) is 51.9 Å². The number of hydrogen-bond acceptors (Lipinski definition) is 5. The minimum Gasteiger partial charge on any atom is -0.353 e. The molecular weight excluding hydrogens is 324 g/mol. The second-order valence-electron chi connectivity index (χ2n) is 6.84. The van der Waals surface area contributed by atoms with Crippen molar-refractivity contribution in [3.05, 3.63) is 22.4 Å². The molecule has 1 unspecified atom stereocenters. The zero-order valence-electron chi connectivity index (χ0n) is 13.8. The monoisotopic (exact) mass is 348 g/mol. The largest absolute Gasteiger partial charge is 0.353 e. The van der Waals surface area contributed by atoms with E-state index in [0.29, 0.717) is 6.04 Å². The number of thiophene rings is 1. The second-order valence-corrected chi connectivity index (χ2v) is 7.79. The number of fused-ring (bicyclic) bond motifs is 1. The maximum absolute atomic E-state index is 12.4. The predicted molar refractivity (Wildman–Crippen MR) is 93.2 cm³/mol. The average Bonchev–Trinajstić information content (AvgIpc) is 3.16. The van der Waals surface area contributed by atoms with E-state index in [0.717, 1.165) is 63.5 Å². The Hall–Kier alpha value is -1.44. The summed E-state index contributed by atoms with van der Waals surface area (Å²) in [6.45, 7) is 6.22. The second kappa shape index (κ2) is 6.82. The molecule has 4 heterocycles. The molecule has 3 aliphatic heterocycles. The minimum absolute atomic E-state index is 0.0123. The molecule has 0 radical (unpaired) electrons. The van der Waals surface area contributed by atoms with Crippen molar-refractivity contribution in [1.82, 2.24) is 20.0 Å². The highest BCUT2D eigenvalue weighted by Crippen LogP contribution is 2.23. The van der Waals surface area contributed by atoms with Crippen LogP contribution in [0.25, 0.3) is 0 Å². The van der Waals surface area contributed by atoms with E-state index in [1.807, 2.05) is 22.4 Å². The summed E-state index contributed by atoms with van der Waals surface area (Å²) in [6.07, 6.45) is 2.01. The predicted octanol–water partition coefficient (Wildman–Crippen LogP) is 0.469. The van der Waals surface area contributed by atoms with Gasteiger partial charge in [-0.05, 0) is 24.3 Å². The normalized spacial score (nSPS) is 26.9. The molecule has 130 valence electrons. The number of carbonyl (C=O) groups is 2. The topological polar surface area (TPSA) is 55.9 Å². The summed E-state index contributed by atoms with van der Waals surface area (Å²) >= 11 is 1.51. The highest BCUT2D eigenvalue weighted by Gasteiger charge is 2.38. The summed E-state index contributed by atoms with van der Waals surface area (Å²) < 4.78 is 0. The zero-order chi connectivity index (χ0) is 16.5. The quantitative estimate of drug-likeness (QED) is 0.844. The van der Waals surface area contributed by atoms with Crippen molar-refractivity contribution in [2.75, 3.05) is 45.8 Å². The standard InChI is InChI=1S/C17H24N4O2S/c22-16-14-12-21(10-9-19(14)8-5-18-16)13-3-6-20(7-4-13)17(23)15-2-1-11-24-15/h1-2,11,13-14H,3-10,12H2,(H,18,22). The van der Waals surface area contributed by atoms with Crippen LogP contribution in [-0.4, -0.2) is 84.4 Å². The number of nitrogens with one attached hydrogen (secondary N) is 1. The SMILES string of the molecule is O=C1NCCN2CCN(C3CCN(C(=O)c4cccs4)CC3)CC12. The molecule has 3 saturated heterocycles. The Morgan fingerprint density at radius 1 is 1.12 bits per heavy atom. The van der Waals surface area contributed by atoms with E-state index in [4.69, 9.17) is 0 Å². The fourth-order valence-electron chi connectivity index (χ4n) is 4.12. The number of rotatable bonds is 2. The first-order valence-corrected chi connectivity index (χ1v) is 9.69. The van der Waals surface area contributed by atoms with Crippen molar-refractivity contribution in [3.63, 3.8) is 0 Å². The van der Waals surface area contributed by atoms with Crippen LogP contribution < -0.4 is 5.32 Å². The lowest BCUT2D eigenvalue weighted by atomic mass is 9.99. The van der Waals surface area contributed by atoms with E-state index in [-0.39, 0.29) is 17.9 Å². The van der Waals surface area contributed by atoms with Crippen molar-refractivity contribution in [3.8, 4) is 0 Å². The molecule has 3 fully saturated rings. The fraction of sp³-hybridized carbons (Fsp3) is 0.647. The molecule has 3 aliphatic rings. The molecule has 1 aromatic heterocycles. The summed E-state index contributed by atoms with van der Waals surface area (Å²) in [4.78, 5) is 32.1. The van der Waals surface area contributed by atoms with Crippen LogP contribution >= 0.6 is 11.3 Å². The molecule has 2 amide bonds. The van der Waals surface area contributed by atoms with Crippen LogP contribution in [0.2, 0.25) is 0 Å². The molecular formula is C17H24N4O2S. The third kappa shape index (κ3) is 3.08. The molecule has 0 spiro atoms. The average molecular weight is 348 g/mol. The fourth-order valence-corrected chi connectivity index (χ4v) is 4.81. The Bertz CT molecular complexity index is 598. The molecule has 0 saturated carbocycles. The number of hydrogen-bond donors (Lipinski definition) is 1. The van der Waals surface area contributed by atoms with Gasteiger partial charge in [0.1, 0.15) is 6.04 Å². The zero-order valence-corrected chi connectivity index (χ0v) is 14.6. The van der Waals surface area contributed by atoms with Gasteiger partial charge in [-0.1, -0.05) is 6.07 Å². The van der Waals surface area contributed by atoms with Crippen LogP contribution in [0, 0.1) is 0 Å². The van der Waals surface area contributed by atoms with Crippen LogP contribution in [0.5, 0.6) is 0 Å². The van der Waals surface area contributed by atoms with E-state index in [1.54, 1.807) is 0 Å². The third-order valence-corrected chi connectivity index (χ3v) is 6.38. The Morgan fingerprint density at radius 3 is 2.67 bits per heavy atom. The molecule has 0 aromatic carbocycles. The van der Waals surface area contributed by atoms with Crippen molar-refractivity contribution < 1.29 is 9.59 Å². The van der Waals surface area contributed by atoms with Crippen molar-refractivity contribution >= 4 is 23.2 Å². The van der Waals surface area contributed by atoms with Crippen LogP contribution in [0.4, 0.5) is 0 Å². The molecule has 0 aliphatic carbocycles. The first-order valence-electron chi connectivity index (χ1n) is 8.81. The lowest BCUT2D eigenvalue weighted by Gasteiger charge is -2.47. The smallest absolute Gasteiger partial charge is 0.263 e. The molecule has 4 rings (SSSR count). The molecule has 7 heteroatoms. The van der Waals surface area contributed by atoms with Gasteiger partial charge in [-0.15, -0.1) is 11.3 Å². The molecule has 0 bridgehead atoms. The van der Waals surface area contributed by atoms with Gasteiger partial charge >= 0.3 is 0 Å². The van der Waals surface area contributed by atoms with Crippen molar-refractivity contribution in [2.24, 2.45) is 0 Å². The first-order chi connectivity index (χ1) is 11.7. The van der Waals surface area contributed by atoms with Crippen LogP contribution in [0.3, 0.4) is 0 Å². The van der Waals surface area contributed by atoms with Crippen LogP contribution in [-0.2, 0) is 4.79 Å². The Kier molecular flexibility index (Phi) is 4.56. The van der Waals surface area contributed by atoms with Gasteiger partial charge in [0.05, 0.1) is 4.88 Å². The molecule has 1 aromatic rings. The summed E-state index contributed by atoms with van der Waals surface area (Å²) in [5.74, 6) is 0.344. The van der Waals surface area contributed by atoms with Gasteiger partial charge in [-0.3, -0.25) is 19.4 Å². The maximum Gasteiger partial charge on any atom is 0.263 e. The van der Waals surface area contributed by atoms with Gasteiger partial charge in [0.25, 0.3) is 5.91 Å². The van der Waals surface area contributed by atoms with Gasteiger partial charge in [-0.25, -0.2) is 0 Å². The number of piperidine rings is 1. The van der Waals surface area contributed by atoms with Crippen molar-refractivity contribution in [2.45, 2.75) is 24.9 Å². The van der Waals surface area contributed by atoms with E-state index < -0.39 is 0 Å². The van der Waals surface area contributed by atoms with E-state index >= 15 is 0 Å². The van der Waals surface area contributed by atoms with Gasteiger partial charge in [0.2, 0.25) is 5.91 Å². The van der Waals surface area contributed by atoms with E-state index in [1.165, 1.54) is 11.3 Å². The highest BCUT2D eigenvalue weighted by molar-refractivity contribution is 7.12. The minimum atomic E-state index is 0.0123. The summed E-state index contributed by atoms with van der Waals surface area (Å²) in [5.41, 5.74) is 0. The lowest BCUT2D eigenvalue weighted by molar-refractivity contribution is -0.132. The number of amides is 2. The van der Waals surface area contributed by atoms with Crippen molar-refractivity contribution in [1.29, 1.82) is 0 Å². The molecule has 6 nitrogen and oxygen atoms in total. The Balaban J connectivity index is 1.33. The number of likely N-dealkylation sites (tertiary alicyclic amines) is 1. The third-order valence-electron chi connectivity index (χ3n) is 5.52. The van der Waals surface area contributed by atoms with Crippen LogP contribution in [0.15, 0.2) is 17.5 Å². The summed E-state index contributed by atoms with van der Waals surface area (Å²) in [6, 6.07) is 4.34. The van der Waals surface area contributed by atoms with Gasteiger partial charge in [0.15, 0.2) is 0 Å². The summed E-state index contributed by atoms with van der Waals surface area (Å²) in [7, 11) is 0. The highest BCUT2D eigenvalue weighted by atomic mass is 32.1. The molecule has 1 N–H and O–H groups in total. The first kappa shape index (κ1) is 16.1. The number of piperazine rings is 2. The van der Waals surface area contributed by atoms with E-state index in [2.05, 4.69) is 15.1 Å². The Morgan fingerprint density at radius 2 is 1.92 bits per heavy atom. The van der Waals surface area contributed by atoms with E-state index in [9.17, 15) is 9.59 Å². The molecule has 24 heavy (non-hydrogen) atoms.